The molecule has 0 unspecified atom stereocenters. The maximum atomic E-state index is 6.92. The molecule has 1 nitrogen and oxygen atoms in total. The van der Waals surface area contributed by atoms with Gasteiger partial charge in [-0.05, 0) is 97.6 Å². The number of hydrogen-bond acceptors (Lipinski definition) is 1. The Morgan fingerprint density at radius 3 is 2.50 bits per heavy atom. The van der Waals surface area contributed by atoms with Gasteiger partial charge in [0.1, 0.15) is 0 Å². The highest BCUT2D eigenvalue weighted by molar-refractivity contribution is 14.1. The van der Waals surface area contributed by atoms with Crippen molar-refractivity contribution in [1.82, 2.24) is 0 Å². The lowest BCUT2D eigenvalue weighted by atomic mass is 9.43. The highest BCUT2D eigenvalue weighted by atomic mass is 127. The molecule has 0 radical (unpaired) electrons. The first kappa shape index (κ1) is 23.8. The van der Waals surface area contributed by atoms with Crippen LogP contribution in [0.1, 0.15) is 98.3 Å². The van der Waals surface area contributed by atoms with Crippen LogP contribution in [0.25, 0.3) is 0 Å². The smallest absolute Gasteiger partial charge is 0.192 e. The summed E-state index contributed by atoms with van der Waals surface area (Å²) >= 11 is 2.65. The molecular formula is C27H47IOSi. The van der Waals surface area contributed by atoms with Gasteiger partial charge in [-0.15, -0.1) is 0 Å². The Morgan fingerprint density at radius 1 is 1.07 bits per heavy atom. The zero-order valence-corrected chi connectivity index (χ0v) is 23.9. The van der Waals surface area contributed by atoms with E-state index in [9.17, 15) is 0 Å². The molecule has 0 spiro atoms. The van der Waals surface area contributed by atoms with Crippen molar-refractivity contribution in [2.24, 2.45) is 28.1 Å². The first-order valence-corrected chi connectivity index (χ1v) is 17.3. The van der Waals surface area contributed by atoms with Gasteiger partial charge in [0.05, 0.1) is 0 Å². The molecule has 172 valence electrons. The standard InChI is InChI=1S/C27H47IOSi/c1-24(2,3)30(5,6)29-20-26-14-9-10-23(26)21-11-17-27(18-19-28)15-8-7-13-25(27,4)22(21)12-16-26/h12,21,23H,7-11,13-20H2,1-6H3/t21-,23+,25-,26+,27+/m1/s1. The summed E-state index contributed by atoms with van der Waals surface area (Å²) in [6.45, 7) is 15.8. The number of hydrogen-bond donors (Lipinski definition) is 0. The second-order valence-corrected chi connectivity index (χ2v) is 19.1. The van der Waals surface area contributed by atoms with Crippen molar-refractivity contribution in [2.45, 2.75) is 116 Å². The quantitative estimate of drug-likeness (QED) is 0.146. The monoisotopic (exact) mass is 542 g/mol. The SMILES string of the molecule is CC(C)(C)[Si](C)(C)OC[C@]12CC=C3[C@@H](CC[C@]4(CCI)CCCC[C@]34C)[C@@H]1CCC2. The van der Waals surface area contributed by atoms with Gasteiger partial charge in [0.25, 0.3) is 0 Å². The van der Waals surface area contributed by atoms with Gasteiger partial charge >= 0.3 is 0 Å². The Labute approximate surface area is 201 Å². The van der Waals surface area contributed by atoms with Crippen LogP contribution < -0.4 is 0 Å². The maximum Gasteiger partial charge on any atom is 0.192 e. The van der Waals surface area contributed by atoms with Gasteiger partial charge in [0.2, 0.25) is 0 Å². The second kappa shape index (κ2) is 8.15. The van der Waals surface area contributed by atoms with E-state index >= 15 is 0 Å². The second-order valence-electron chi connectivity index (χ2n) is 13.2. The van der Waals surface area contributed by atoms with Crippen molar-refractivity contribution >= 4 is 30.9 Å². The van der Waals surface area contributed by atoms with Gasteiger partial charge in [-0.25, -0.2) is 0 Å². The minimum atomic E-state index is -1.68. The van der Waals surface area contributed by atoms with E-state index in [0.29, 0.717) is 21.3 Å². The predicted octanol–water partition coefficient (Wildman–Crippen LogP) is 8.93. The maximum absolute atomic E-state index is 6.92. The van der Waals surface area contributed by atoms with E-state index < -0.39 is 8.32 Å². The molecule has 30 heavy (non-hydrogen) atoms. The molecule has 0 N–H and O–H groups in total. The first-order valence-electron chi connectivity index (χ1n) is 12.9. The summed E-state index contributed by atoms with van der Waals surface area (Å²) in [7, 11) is -1.68. The normalized spacial score (nSPS) is 41.6. The van der Waals surface area contributed by atoms with E-state index in [4.69, 9.17) is 4.43 Å². The summed E-state index contributed by atoms with van der Waals surface area (Å²) in [6.07, 6.45) is 18.6. The molecule has 4 rings (SSSR count). The van der Waals surface area contributed by atoms with Crippen LogP contribution in [-0.2, 0) is 4.43 Å². The fourth-order valence-corrected chi connectivity index (χ4v) is 10.1. The first-order chi connectivity index (χ1) is 14.0. The van der Waals surface area contributed by atoms with E-state index in [-0.39, 0.29) is 0 Å². The molecule has 4 aliphatic rings. The van der Waals surface area contributed by atoms with E-state index in [1.807, 2.05) is 5.57 Å². The van der Waals surface area contributed by atoms with Crippen molar-refractivity contribution in [3.63, 3.8) is 0 Å². The Kier molecular flexibility index (Phi) is 6.46. The zero-order valence-electron chi connectivity index (χ0n) is 20.7. The van der Waals surface area contributed by atoms with E-state index in [1.54, 1.807) is 0 Å². The van der Waals surface area contributed by atoms with Crippen LogP contribution in [-0.4, -0.2) is 19.4 Å². The summed E-state index contributed by atoms with van der Waals surface area (Å²) in [6, 6.07) is 0. The molecule has 0 aromatic carbocycles. The van der Waals surface area contributed by atoms with Gasteiger partial charge < -0.3 is 4.43 Å². The highest BCUT2D eigenvalue weighted by Crippen LogP contribution is 2.69. The number of rotatable bonds is 5. The Morgan fingerprint density at radius 2 is 1.80 bits per heavy atom. The summed E-state index contributed by atoms with van der Waals surface area (Å²) in [5, 5.41) is 0.312. The topological polar surface area (TPSA) is 9.23 Å². The minimum absolute atomic E-state index is 0.312. The molecule has 0 aliphatic heterocycles. The Bertz CT molecular complexity index is 675. The van der Waals surface area contributed by atoms with Crippen molar-refractivity contribution in [3.05, 3.63) is 11.6 Å². The van der Waals surface area contributed by atoms with Crippen LogP contribution in [0.15, 0.2) is 11.6 Å². The van der Waals surface area contributed by atoms with Gasteiger partial charge in [0.15, 0.2) is 8.32 Å². The lowest BCUT2D eigenvalue weighted by Gasteiger charge is -2.62. The third kappa shape index (κ3) is 3.63. The largest absolute Gasteiger partial charge is 0.416 e. The summed E-state index contributed by atoms with van der Waals surface area (Å²) in [5.41, 5.74) is 3.45. The molecule has 5 atom stereocenters. The molecule has 0 bridgehead atoms. The molecule has 0 heterocycles. The fourth-order valence-electron chi connectivity index (χ4n) is 7.97. The van der Waals surface area contributed by atoms with E-state index in [1.165, 1.54) is 75.1 Å². The molecular weight excluding hydrogens is 495 g/mol. The van der Waals surface area contributed by atoms with Crippen LogP contribution in [0.3, 0.4) is 0 Å². The predicted molar refractivity (Wildman–Crippen MR) is 141 cm³/mol. The molecule has 0 aromatic heterocycles. The van der Waals surface area contributed by atoms with Crippen LogP contribution in [0.2, 0.25) is 18.1 Å². The summed E-state index contributed by atoms with van der Waals surface area (Å²) < 4.78 is 8.25. The van der Waals surface area contributed by atoms with Crippen LogP contribution >= 0.6 is 22.6 Å². The number of alkyl halides is 1. The van der Waals surface area contributed by atoms with E-state index in [0.717, 1.165) is 18.4 Å². The van der Waals surface area contributed by atoms with Crippen LogP contribution in [0.5, 0.6) is 0 Å². The number of allylic oxidation sites excluding steroid dienone is 2. The summed E-state index contributed by atoms with van der Waals surface area (Å²) in [5.74, 6) is 1.74. The van der Waals surface area contributed by atoms with Crippen molar-refractivity contribution in [3.8, 4) is 0 Å². The summed E-state index contributed by atoms with van der Waals surface area (Å²) in [4.78, 5) is 0. The fraction of sp³-hybridized carbons (Fsp3) is 0.926. The average molecular weight is 543 g/mol. The lowest BCUT2D eigenvalue weighted by molar-refractivity contribution is -0.0479. The molecule has 3 fully saturated rings. The third-order valence-electron chi connectivity index (χ3n) is 11.0. The lowest BCUT2D eigenvalue weighted by Crippen LogP contribution is -2.54. The van der Waals surface area contributed by atoms with Gasteiger partial charge in [0, 0.05) is 11.0 Å². The molecule has 3 heteroatoms. The highest BCUT2D eigenvalue weighted by Gasteiger charge is 2.60. The van der Waals surface area contributed by atoms with Crippen molar-refractivity contribution < 1.29 is 4.43 Å². The van der Waals surface area contributed by atoms with Gasteiger partial charge in [-0.3, -0.25) is 0 Å². The van der Waals surface area contributed by atoms with Crippen LogP contribution in [0.4, 0.5) is 0 Å². The molecule has 3 saturated carbocycles. The van der Waals surface area contributed by atoms with Crippen LogP contribution in [0, 0.1) is 28.1 Å². The molecule has 0 saturated heterocycles. The van der Waals surface area contributed by atoms with Gasteiger partial charge in [-0.2, -0.15) is 0 Å². The molecule has 4 aliphatic carbocycles. The number of fused-ring (bicyclic) bond motifs is 5. The molecule has 0 amide bonds. The minimum Gasteiger partial charge on any atom is -0.416 e. The molecule has 0 aromatic rings. The van der Waals surface area contributed by atoms with Crippen molar-refractivity contribution in [1.29, 1.82) is 0 Å². The third-order valence-corrected chi connectivity index (χ3v) is 16.0. The Hall–Kier alpha value is 0.647. The van der Waals surface area contributed by atoms with Gasteiger partial charge in [-0.1, -0.05) is 81.2 Å². The van der Waals surface area contributed by atoms with Crippen molar-refractivity contribution in [2.75, 3.05) is 11.0 Å². The average Bonchev–Trinajstić information content (AvgIpc) is 3.11. The Balaban J connectivity index is 1.62. The van der Waals surface area contributed by atoms with E-state index in [2.05, 4.69) is 69.5 Å². The number of halogens is 1. The zero-order chi connectivity index (χ0) is 21.8.